The van der Waals surface area contributed by atoms with Crippen LogP contribution < -0.4 is 0 Å². The third-order valence-corrected chi connectivity index (χ3v) is 6.46. The molecule has 0 amide bonds. The summed E-state index contributed by atoms with van der Waals surface area (Å²) in [4.78, 5) is 5.09. The second-order valence-corrected chi connectivity index (χ2v) is 7.25. The minimum atomic E-state index is 0.0924. The summed E-state index contributed by atoms with van der Waals surface area (Å²) in [6.07, 6.45) is 4.71. The fraction of sp³-hybridized carbons (Fsp3) is 0.158. The second-order valence-electron chi connectivity index (χ2n) is 6.11. The van der Waals surface area contributed by atoms with E-state index in [9.17, 15) is 0 Å². The zero-order chi connectivity index (χ0) is 14.0. The molecule has 2 heterocycles. The molecule has 3 aromatic rings. The highest BCUT2D eigenvalue weighted by Crippen LogP contribution is 2.61. The maximum atomic E-state index is 3.68. The van der Waals surface area contributed by atoms with Crippen LogP contribution in [0.1, 0.15) is 29.0 Å². The fourth-order valence-electron chi connectivity index (χ4n) is 3.77. The van der Waals surface area contributed by atoms with E-state index in [2.05, 4.69) is 72.6 Å². The fourth-order valence-corrected chi connectivity index (χ4v) is 5.35. The molecule has 102 valence electrons. The van der Waals surface area contributed by atoms with Gasteiger partial charge in [0, 0.05) is 32.5 Å². The van der Waals surface area contributed by atoms with E-state index in [0.29, 0.717) is 5.25 Å². The molecule has 2 heteroatoms. The van der Waals surface area contributed by atoms with Gasteiger partial charge in [0.2, 0.25) is 0 Å². The second kappa shape index (κ2) is 3.83. The van der Waals surface area contributed by atoms with Crippen molar-refractivity contribution in [3.8, 4) is 0 Å². The normalized spacial score (nSPS) is 25.7. The molecular weight excluding hydrogens is 274 g/mol. The summed E-state index contributed by atoms with van der Waals surface area (Å²) in [6.45, 7) is 2.36. The summed E-state index contributed by atoms with van der Waals surface area (Å²) in [5, 5.41) is 1.78. The van der Waals surface area contributed by atoms with Crippen molar-refractivity contribution in [2.24, 2.45) is 0 Å². The molecule has 5 rings (SSSR count). The maximum absolute atomic E-state index is 3.68. The zero-order valence-electron chi connectivity index (χ0n) is 11.8. The molecule has 0 fully saturated rings. The van der Waals surface area contributed by atoms with Crippen molar-refractivity contribution in [2.75, 3.05) is 0 Å². The van der Waals surface area contributed by atoms with Crippen molar-refractivity contribution in [1.82, 2.24) is 4.98 Å². The lowest BCUT2D eigenvalue weighted by atomic mass is 9.74. The molecule has 1 nitrogen and oxygen atoms in total. The number of nitrogens with one attached hydrogen (secondary N) is 1. The van der Waals surface area contributed by atoms with E-state index in [4.69, 9.17) is 0 Å². The predicted octanol–water partition coefficient (Wildman–Crippen LogP) is 5.30. The third-order valence-electron chi connectivity index (χ3n) is 4.89. The Hall–Kier alpha value is -1.93. The number of thioether (sulfide) groups is 1. The largest absolute Gasteiger partial charge is 0.357 e. The number of fused-ring (bicyclic) bond motifs is 7. The molecule has 0 saturated carbocycles. The van der Waals surface area contributed by atoms with Crippen LogP contribution in [0, 0.1) is 0 Å². The van der Waals surface area contributed by atoms with Gasteiger partial charge in [-0.15, -0.1) is 11.8 Å². The minimum absolute atomic E-state index is 0.0924. The van der Waals surface area contributed by atoms with Gasteiger partial charge in [-0.05, 0) is 17.7 Å². The van der Waals surface area contributed by atoms with E-state index >= 15 is 0 Å². The van der Waals surface area contributed by atoms with Crippen LogP contribution in [0.3, 0.4) is 0 Å². The summed E-state index contributed by atoms with van der Waals surface area (Å²) in [5.74, 6) is 0. The van der Waals surface area contributed by atoms with Gasteiger partial charge in [-0.25, -0.2) is 0 Å². The van der Waals surface area contributed by atoms with Gasteiger partial charge in [-0.3, -0.25) is 0 Å². The van der Waals surface area contributed by atoms with Gasteiger partial charge in [0.25, 0.3) is 0 Å². The first-order valence-electron chi connectivity index (χ1n) is 7.33. The van der Waals surface area contributed by atoms with Gasteiger partial charge in [0.05, 0.1) is 5.25 Å². The monoisotopic (exact) mass is 289 g/mol. The Morgan fingerprint density at radius 1 is 1.05 bits per heavy atom. The number of hydrogen-bond acceptors (Lipinski definition) is 1. The molecule has 1 N–H and O–H groups in total. The highest BCUT2D eigenvalue weighted by molar-refractivity contribution is 8.00. The molecule has 2 aliphatic rings. The molecule has 0 saturated heterocycles. The van der Waals surface area contributed by atoms with Crippen LogP contribution in [0.2, 0.25) is 0 Å². The first-order chi connectivity index (χ1) is 10.3. The number of para-hydroxylation sites is 1. The Morgan fingerprint density at radius 3 is 2.81 bits per heavy atom. The van der Waals surface area contributed by atoms with Crippen LogP contribution in [0.4, 0.5) is 0 Å². The highest BCUT2D eigenvalue weighted by atomic mass is 32.2. The molecule has 2 atom stereocenters. The average Bonchev–Trinajstić information content (AvgIpc) is 3.03. The van der Waals surface area contributed by atoms with Crippen molar-refractivity contribution in [1.29, 1.82) is 0 Å². The van der Waals surface area contributed by atoms with E-state index in [1.54, 1.807) is 0 Å². The molecule has 21 heavy (non-hydrogen) atoms. The first kappa shape index (κ1) is 11.7. The Balaban J connectivity index is 1.80. The Kier molecular flexibility index (Phi) is 2.13. The number of H-pyrrole nitrogens is 1. The topological polar surface area (TPSA) is 15.8 Å². The number of aromatic nitrogens is 1. The van der Waals surface area contributed by atoms with Crippen molar-refractivity contribution < 1.29 is 0 Å². The molecule has 2 unspecified atom stereocenters. The summed E-state index contributed by atoms with van der Waals surface area (Å²) in [5.41, 5.74) is 5.54. The maximum Gasteiger partial charge on any atom is 0.0630 e. The third kappa shape index (κ3) is 1.38. The summed E-state index contributed by atoms with van der Waals surface area (Å²) in [6, 6.07) is 17.4. The van der Waals surface area contributed by atoms with E-state index in [-0.39, 0.29) is 5.41 Å². The number of hydrogen-bond donors (Lipinski definition) is 1. The van der Waals surface area contributed by atoms with Crippen molar-refractivity contribution in [3.63, 3.8) is 0 Å². The Morgan fingerprint density at radius 2 is 1.86 bits per heavy atom. The van der Waals surface area contributed by atoms with Crippen LogP contribution in [0.25, 0.3) is 17.0 Å². The summed E-state index contributed by atoms with van der Waals surface area (Å²) in [7, 11) is 0. The minimum Gasteiger partial charge on any atom is -0.357 e. The lowest BCUT2D eigenvalue weighted by molar-refractivity contribution is 0.575. The van der Waals surface area contributed by atoms with Crippen LogP contribution in [-0.2, 0) is 5.41 Å². The van der Waals surface area contributed by atoms with E-state index in [0.717, 1.165) is 0 Å². The molecule has 1 aromatic heterocycles. The molecule has 2 aromatic carbocycles. The Bertz CT molecular complexity index is 905. The number of allylic oxidation sites excluding steroid dienone is 1. The number of rotatable bonds is 0. The lowest BCUT2D eigenvalue weighted by Crippen LogP contribution is -2.25. The van der Waals surface area contributed by atoms with Gasteiger partial charge < -0.3 is 4.98 Å². The van der Waals surface area contributed by atoms with Crippen molar-refractivity contribution in [3.05, 3.63) is 71.4 Å². The smallest absolute Gasteiger partial charge is 0.0630 e. The average molecular weight is 289 g/mol. The van der Waals surface area contributed by atoms with Crippen LogP contribution in [-0.4, -0.2) is 4.98 Å². The molecule has 1 aliphatic carbocycles. The van der Waals surface area contributed by atoms with E-state index in [1.807, 2.05) is 11.8 Å². The van der Waals surface area contributed by atoms with Crippen LogP contribution >= 0.6 is 11.8 Å². The number of benzene rings is 2. The van der Waals surface area contributed by atoms with Gasteiger partial charge in [0.15, 0.2) is 0 Å². The molecule has 0 radical (unpaired) electrons. The van der Waals surface area contributed by atoms with Crippen molar-refractivity contribution in [2.45, 2.75) is 22.5 Å². The van der Waals surface area contributed by atoms with Crippen LogP contribution in [0.5, 0.6) is 0 Å². The molecule has 0 bridgehead atoms. The van der Waals surface area contributed by atoms with Gasteiger partial charge in [-0.1, -0.05) is 55.5 Å². The Labute approximate surface area is 128 Å². The van der Waals surface area contributed by atoms with Crippen LogP contribution in [0.15, 0.2) is 59.5 Å². The molecule has 0 spiro atoms. The van der Waals surface area contributed by atoms with E-state index < -0.39 is 0 Å². The highest BCUT2D eigenvalue weighted by Gasteiger charge is 2.46. The SMILES string of the molecule is CC12C=Cc3c([nH]c4ccccc34)C1Sc1ccccc12. The molecule has 1 aliphatic heterocycles. The van der Waals surface area contributed by atoms with E-state index in [1.165, 1.54) is 32.6 Å². The summed E-state index contributed by atoms with van der Waals surface area (Å²) >= 11 is 1.99. The zero-order valence-corrected chi connectivity index (χ0v) is 12.6. The van der Waals surface area contributed by atoms with Gasteiger partial charge in [-0.2, -0.15) is 0 Å². The quantitative estimate of drug-likeness (QED) is 0.594. The molecular formula is C19H15NS. The summed E-state index contributed by atoms with van der Waals surface area (Å²) < 4.78 is 0. The first-order valence-corrected chi connectivity index (χ1v) is 8.21. The number of aromatic amines is 1. The van der Waals surface area contributed by atoms with Gasteiger partial charge in [0.1, 0.15) is 0 Å². The van der Waals surface area contributed by atoms with Crippen molar-refractivity contribution >= 4 is 28.7 Å². The van der Waals surface area contributed by atoms with Gasteiger partial charge >= 0.3 is 0 Å². The standard InChI is InChI=1S/C19H15NS/c1-19-11-10-13-12-6-2-4-8-15(12)20-17(13)18(19)21-16-9-5-3-7-14(16)19/h2-11,18,20H,1H3. The lowest BCUT2D eigenvalue weighted by Gasteiger charge is -2.31. The predicted molar refractivity (Wildman–Crippen MR) is 89.7 cm³/mol.